The average molecular weight is 390 g/mol. The summed E-state index contributed by atoms with van der Waals surface area (Å²) in [6, 6.07) is 5.22. The molecular formula is C20H26N2O6. The highest BCUT2D eigenvalue weighted by atomic mass is 16.5. The van der Waals surface area contributed by atoms with E-state index in [1.165, 1.54) is 14.2 Å². The highest BCUT2D eigenvalue weighted by Crippen LogP contribution is 2.30. The highest BCUT2D eigenvalue weighted by Gasteiger charge is 2.39. The summed E-state index contributed by atoms with van der Waals surface area (Å²) in [5.74, 6) is -0.455. The van der Waals surface area contributed by atoms with E-state index in [4.69, 9.17) is 14.2 Å². The van der Waals surface area contributed by atoms with Crippen LogP contribution in [0.3, 0.4) is 0 Å². The summed E-state index contributed by atoms with van der Waals surface area (Å²) < 4.78 is 15.5. The standard InChI is InChI=1S/C20H26N2O6/c1-26-15-7-8-16(17(10-15)27-2)21-18(23)12-28-20(25)13-9-19(24)22(11-13)14-5-3-4-6-14/h7-8,10,13-14H,3-6,9,11-12H2,1-2H3,(H,21,23)/t13-/m0/s1. The van der Waals surface area contributed by atoms with Crippen LogP contribution in [0.25, 0.3) is 0 Å². The molecule has 1 aromatic rings. The Bertz CT molecular complexity index is 744. The number of hydrogen-bond donors (Lipinski definition) is 1. The van der Waals surface area contributed by atoms with Gasteiger partial charge in [0.2, 0.25) is 5.91 Å². The van der Waals surface area contributed by atoms with E-state index >= 15 is 0 Å². The van der Waals surface area contributed by atoms with E-state index in [9.17, 15) is 14.4 Å². The van der Waals surface area contributed by atoms with Crippen molar-refractivity contribution >= 4 is 23.5 Å². The van der Waals surface area contributed by atoms with Gasteiger partial charge in [-0.3, -0.25) is 14.4 Å². The van der Waals surface area contributed by atoms with Crippen LogP contribution in [0.2, 0.25) is 0 Å². The van der Waals surface area contributed by atoms with Gasteiger partial charge in [-0.15, -0.1) is 0 Å². The van der Waals surface area contributed by atoms with Crippen LogP contribution in [0.5, 0.6) is 11.5 Å². The molecule has 1 saturated heterocycles. The van der Waals surface area contributed by atoms with Gasteiger partial charge in [0.1, 0.15) is 11.5 Å². The minimum Gasteiger partial charge on any atom is -0.497 e. The van der Waals surface area contributed by atoms with Crippen LogP contribution in [0.4, 0.5) is 5.69 Å². The number of nitrogens with one attached hydrogen (secondary N) is 1. The van der Waals surface area contributed by atoms with Crippen molar-refractivity contribution < 1.29 is 28.6 Å². The summed E-state index contributed by atoms with van der Waals surface area (Å²) in [5.41, 5.74) is 0.452. The first-order chi connectivity index (χ1) is 13.5. The Morgan fingerprint density at radius 3 is 2.61 bits per heavy atom. The van der Waals surface area contributed by atoms with E-state index in [0.717, 1.165) is 25.7 Å². The van der Waals surface area contributed by atoms with Gasteiger partial charge in [-0.25, -0.2) is 0 Å². The summed E-state index contributed by atoms with van der Waals surface area (Å²) in [4.78, 5) is 38.4. The molecule has 1 saturated carbocycles. The smallest absolute Gasteiger partial charge is 0.311 e. The molecule has 1 aromatic carbocycles. The van der Waals surface area contributed by atoms with Gasteiger partial charge in [0.05, 0.1) is 25.8 Å². The molecule has 2 amide bonds. The third-order valence-corrected chi connectivity index (χ3v) is 5.29. The van der Waals surface area contributed by atoms with Crippen LogP contribution in [-0.2, 0) is 19.1 Å². The first-order valence-electron chi connectivity index (χ1n) is 9.49. The molecule has 152 valence electrons. The fourth-order valence-corrected chi connectivity index (χ4v) is 3.80. The van der Waals surface area contributed by atoms with Crippen LogP contribution < -0.4 is 14.8 Å². The second-order valence-corrected chi connectivity index (χ2v) is 7.11. The third-order valence-electron chi connectivity index (χ3n) is 5.29. The van der Waals surface area contributed by atoms with E-state index in [2.05, 4.69) is 5.32 Å². The number of rotatable bonds is 7. The second kappa shape index (κ2) is 8.95. The number of amides is 2. The van der Waals surface area contributed by atoms with E-state index in [0.29, 0.717) is 23.7 Å². The molecule has 1 aliphatic carbocycles. The van der Waals surface area contributed by atoms with E-state index in [1.54, 1.807) is 23.1 Å². The maximum absolute atomic E-state index is 12.3. The van der Waals surface area contributed by atoms with Crippen LogP contribution in [0.15, 0.2) is 18.2 Å². The molecule has 8 nitrogen and oxygen atoms in total. The monoisotopic (exact) mass is 390 g/mol. The van der Waals surface area contributed by atoms with Gasteiger partial charge in [0.25, 0.3) is 5.91 Å². The zero-order valence-electron chi connectivity index (χ0n) is 16.2. The lowest BCUT2D eigenvalue weighted by atomic mass is 10.1. The number of ether oxygens (including phenoxy) is 3. The topological polar surface area (TPSA) is 94.2 Å². The fourth-order valence-electron chi connectivity index (χ4n) is 3.80. The molecule has 0 spiro atoms. The average Bonchev–Trinajstić information content (AvgIpc) is 3.35. The van der Waals surface area contributed by atoms with Crippen LogP contribution in [-0.4, -0.2) is 56.1 Å². The van der Waals surface area contributed by atoms with Gasteiger partial charge in [0.15, 0.2) is 6.61 Å². The second-order valence-electron chi connectivity index (χ2n) is 7.11. The normalized spacial score (nSPS) is 19.6. The SMILES string of the molecule is COc1ccc(NC(=O)COC(=O)[C@H]2CC(=O)N(C3CCCC3)C2)c(OC)c1. The molecule has 2 fully saturated rings. The largest absolute Gasteiger partial charge is 0.497 e. The van der Waals surface area contributed by atoms with Crippen molar-refractivity contribution in [1.29, 1.82) is 0 Å². The summed E-state index contributed by atoms with van der Waals surface area (Å²) in [6.45, 7) is -0.0294. The number of methoxy groups -OCH3 is 2. The first-order valence-corrected chi connectivity index (χ1v) is 9.49. The number of likely N-dealkylation sites (tertiary alicyclic amines) is 1. The highest BCUT2D eigenvalue weighted by molar-refractivity contribution is 5.95. The summed E-state index contributed by atoms with van der Waals surface area (Å²) in [5, 5.41) is 2.65. The molecule has 1 atom stereocenters. The summed E-state index contributed by atoms with van der Waals surface area (Å²) in [7, 11) is 3.02. The zero-order valence-corrected chi connectivity index (χ0v) is 16.2. The maximum Gasteiger partial charge on any atom is 0.311 e. The first kappa shape index (κ1) is 20.0. The van der Waals surface area contributed by atoms with Crippen molar-refractivity contribution in [2.24, 2.45) is 5.92 Å². The number of nitrogens with zero attached hydrogens (tertiary/aromatic N) is 1. The Morgan fingerprint density at radius 2 is 1.93 bits per heavy atom. The lowest BCUT2D eigenvalue weighted by molar-refractivity contribution is -0.151. The predicted molar refractivity (Wildman–Crippen MR) is 101 cm³/mol. The maximum atomic E-state index is 12.3. The Kier molecular flexibility index (Phi) is 6.38. The number of carbonyl (C=O) groups excluding carboxylic acids is 3. The quantitative estimate of drug-likeness (QED) is 0.716. The third kappa shape index (κ3) is 4.55. The molecule has 1 N–H and O–H groups in total. The molecule has 1 heterocycles. The zero-order chi connectivity index (χ0) is 20.1. The van der Waals surface area contributed by atoms with Gasteiger partial charge >= 0.3 is 5.97 Å². The van der Waals surface area contributed by atoms with E-state index in [1.807, 2.05) is 0 Å². The van der Waals surface area contributed by atoms with Gasteiger partial charge in [0, 0.05) is 25.1 Å². The Labute approximate surface area is 164 Å². The lowest BCUT2D eigenvalue weighted by Crippen LogP contribution is -2.35. The van der Waals surface area contributed by atoms with Crippen molar-refractivity contribution in [2.75, 3.05) is 32.7 Å². The Morgan fingerprint density at radius 1 is 1.18 bits per heavy atom. The summed E-state index contributed by atoms with van der Waals surface area (Å²) >= 11 is 0. The van der Waals surface area contributed by atoms with Gasteiger partial charge in [-0.2, -0.15) is 0 Å². The predicted octanol–water partition coefficient (Wildman–Crippen LogP) is 1.98. The molecule has 1 aliphatic heterocycles. The number of anilines is 1. The van der Waals surface area contributed by atoms with Crippen LogP contribution >= 0.6 is 0 Å². The molecule has 2 aliphatic rings. The number of carbonyl (C=O) groups is 3. The van der Waals surface area contributed by atoms with Crippen molar-refractivity contribution in [3.05, 3.63) is 18.2 Å². The molecule has 3 rings (SSSR count). The van der Waals surface area contributed by atoms with Crippen molar-refractivity contribution in [1.82, 2.24) is 4.90 Å². The Hall–Kier alpha value is -2.77. The summed E-state index contributed by atoms with van der Waals surface area (Å²) in [6.07, 6.45) is 4.40. The van der Waals surface area contributed by atoms with Gasteiger partial charge < -0.3 is 24.4 Å². The molecule has 0 radical (unpaired) electrons. The number of esters is 1. The molecule has 28 heavy (non-hydrogen) atoms. The van der Waals surface area contributed by atoms with Crippen LogP contribution in [0.1, 0.15) is 32.1 Å². The molecule has 0 unspecified atom stereocenters. The van der Waals surface area contributed by atoms with Crippen molar-refractivity contribution in [3.63, 3.8) is 0 Å². The van der Waals surface area contributed by atoms with Crippen molar-refractivity contribution in [2.45, 2.75) is 38.1 Å². The van der Waals surface area contributed by atoms with Crippen molar-refractivity contribution in [3.8, 4) is 11.5 Å². The van der Waals surface area contributed by atoms with Crippen LogP contribution in [0, 0.1) is 5.92 Å². The molecule has 8 heteroatoms. The number of benzene rings is 1. The van der Waals surface area contributed by atoms with Gasteiger partial charge in [-0.05, 0) is 25.0 Å². The van der Waals surface area contributed by atoms with Gasteiger partial charge in [-0.1, -0.05) is 12.8 Å². The minimum atomic E-state index is -0.509. The van der Waals surface area contributed by atoms with E-state index in [-0.39, 0.29) is 18.4 Å². The number of hydrogen-bond acceptors (Lipinski definition) is 6. The Balaban J connectivity index is 1.49. The lowest BCUT2D eigenvalue weighted by Gasteiger charge is -2.23. The molecule has 0 bridgehead atoms. The van der Waals surface area contributed by atoms with E-state index < -0.39 is 24.4 Å². The molecule has 0 aromatic heterocycles. The minimum absolute atomic E-state index is 0.00118. The molecular weight excluding hydrogens is 364 g/mol. The fraction of sp³-hybridized carbons (Fsp3) is 0.550.